The molecule has 1 saturated heterocycles. The van der Waals surface area contributed by atoms with Crippen molar-refractivity contribution in [1.82, 2.24) is 10.2 Å². The Morgan fingerprint density at radius 3 is 2.62 bits per heavy atom. The van der Waals surface area contributed by atoms with Crippen LogP contribution in [0.5, 0.6) is 5.75 Å². The molecule has 1 heterocycles. The molecule has 138 valence electrons. The Morgan fingerprint density at radius 2 is 1.81 bits per heavy atom. The molecule has 26 heavy (non-hydrogen) atoms. The molecule has 0 unspecified atom stereocenters. The molecule has 4 nitrogen and oxygen atoms in total. The summed E-state index contributed by atoms with van der Waals surface area (Å²) < 4.78 is 5.94. The summed E-state index contributed by atoms with van der Waals surface area (Å²) in [5.41, 5.74) is 0.736. The maximum absolute atomic E-state index is 12.2. The fourth-order valence-corrected chi connectivity index (χ4v) is 3.61. The van der Waals surface area contributed by atoms with E-state index >= 15 is 0 Å². The summed E-state index contributed by atoms with van der Waals surface area (Å²) in [5, 5.41) is 5.23. The number of benzene rings is 2. The van der Waals surface area contributed by atoms with Gasteiger partial charge in [-0.25, -0.2) is 0 Å². The van der Waals surface area contributed by atoms with Crippen molar-refractivity contribution in [3.05, 3.63) is 42.0 Å². The third kappa shape index (κ3) is 4.55. The van der Waals surface area contributed by atoms with Gasteiger partial charge in [-0.1, -0.05) is 18.6 Å². The first-order chi connectivity index (χ1) is 12.8. The molecule has 2 aromatic carbocycles. The van der Waals surface area contributed by atoms with Crippen molar-refractivity contribution >= 4 is 16.7 Å². The molecule has 2 aliphatic rings. The molecule has 1 aliphatic carbocycles. The molecular formula is C22H28N2O2. The van der Waals surface area contributed by atoms with Crippen LogP contribution in [0.3, 0.4) is 0 Å². The summed E-state index contributed by atoms with van der Waals surface area (Å²) in [5.74, 6) is 0.943. The number of carbonyl (C=O) groups excluding carboxylic acids is 1. The van der Waals surface area contributed by atoms with Gasteiger partial charge in [0.2, 0.25) is 0 Å². The molecule has 2 fully saturated rings. The van der Waals surface area contributed by atoms with Crippen LogP contribution in [0, 0.1) is 0 Å². The highest BCUT2D eigenvalue weighted by atomic mass is 16.5. The maximum atomic E-state index is 12.2. The van der Waals surface area contributed by atoms with Crippen molar-refractivity contribution in [1.29, 1.82) is 0 Å². The normalized spacial score (nSPS) is 18.0. The van der Waals surface area contributed by atoms with Crippen LogP contribution in [-0.4, -0.2) is 43.1 Å². The lowest BCUT2D eigenvalue weighted by Crippen LogP contribution is -2.31. The van der Waals surface area contributed by atoms with E-state index in [4.69, 9.17) is 4.74 Å². The highest BCUT2D eigenvalue weighted by Gasteiger charge is 2.23. The fraction of sp³-hybridized carbons (Fsp3) is 0.500. The first kappa shape index (κ1) is 17.3. The van der Waals surface area contributed by atoms with Crippen LogP contribution in [-0.2, 0) is 0 Å². The van der Waals surface area contributed by atoms with Crippen LogP contribution < -0.4 is 10.1 Å². The largest absolute Gasteiger partial charge is 0.494 e. The van der Waals surface area contributed by atoms with Crippen LogP contribution in [0.1, 0.15) is 48.9 Å². The van der Waals surface area contributed by atoms with Crippen LogP contribution in [0.2, 0.25) is 0 Å². The predicted molar refractivity (Wildman–Crippen MR) is 105 cm³/mol. The summed E-state index contributed by atoms with van der Waals surface area (Å²) in [6.07, 6.45) is 7.35. The van der Waals surface area contributed by atoms with Crippen LogP contribution >= 0.6 is 0 Å². The molecule has 2 aromatic rings. The zero-order chi connectivity index (χ0) is 17.8. The lowest BCUT2D eigenvalue weighted by Gasteiger charge is -2.26. The molecule has 4 heteroatoms. The molecule has 1 amide bonds. The van der Waals surface area contributed by atoms with E-state index in [-0.39, 0.29) is 5.91 Å². The third-order valence-electron chi connectivity index (χ3n) is 5.32. The van der Waals surface area contributed by atoms with Gasteiger partial charge in [-0.05, 0) is 80.2 Å². The van der Waals surface area contributed by atoms with E-state index in [2.05, 4.69) is 16.3 Å². The molecule has 0 radical (unpaired) electrons. The first-order valence-electron chi connectivity index (χ1n) is 9.98. The molecule has 0 bridgehead atoms. The predicted octanol–water partition coefficient (Wildman–Crippen LogP) is 3.99. The molecule has 1 saturated carbocycles. The van der Waals surface area contributed by atoms with Gasteiger partial charge < -0.3 is 15.0 Å². The Morgan fingerprint density at radius 1 is 1.04 bits per heavy atom. The highest BCUT2D eigenvalue weighted by molar-refractivity contribution is 5.99. The second-order valence-electron chi connectivity index (χ2n) is 7.58. The summed E-state index contributed by atoms with van der Waals surface area (Å²) in [6.45, 7) is 4.37. The fourth-order valence-electron chi connectivity index (χ4n) is 3.61. The van der Waals surface area contributed by atoms with E-state index < -0.39 is 0 Å². The molecule has 0 atom stereocenters. The van der Waals surface area contributed by atoms with Gasteiger partial charge in [0.1, 0.15) is 5.75 Å². The Labute approximate surface area is 155 Å². The number of piperidine rings is 1. The van der Waals surface area contributed by atoms with E-state index in [0.717, 1.165) is 54.5 Å². The molecular weight excluding hydrogens is 324 g/mol. The number of nitrogens with zero attached hydrogens (tertiary/aromatic N) is 1. The second kappa shape index (κ2) is 8.09. The number of hydrogen-bond donors (Lipinski definition) is 1. The van der Waals surface area contributed by atoms with Gasteiger partial charge in [-0.15, -0.1) is 0 Å². The SMILES string of the molecule is O=C(NC1CC1)c1ccc2cc(OCCCN3CCCCC3)ccc2c1. The number of ether oxygens (including phenoxy) is 1. The van der Waals surface area contributed by atoms with E-state index in [1.54, 1.807) is 0 Å². The Balaban J connectivity index is 1.31. The molecule has 0 spiro atoms. The maximum Gasteiger partial charge on any atom is 0.251 e. The molecule has 0 aromatic heterocycles. The monoisotopic (exact) mass is 352 g/mol. The standard InChI is InChI=1S/C22H28N2O2/c25-22(23-20-8-9-20)19-6-5-18-16-21(10-7-17(18)15-19)26-14-4-13-24-11-2-1-3-12-24/h5-7,10,15-16,20H,1-4,8-9,11-14H2,(H,23,25). The van der Waals surface area contributed by atoms with E-state index in [1.807, 2.05) is 30.3 Å². The lowest BCUT2D eigenvalue weighted by molar-refractivity contribution is 0.0951. The van der Waals surface area contributed by atoms with Gasteiger partial charge in [0.05, 0.1) is 6.61 Å². The van der Waals surface area contributed by atoms with Crippen LogP contribution in [0.4, 0.5) is 0 Å². The van der Waals surface area contributed by atoms with E-state index in [1.165, 1.54) is 32.4 Å². The molecule has 4 rings (SSSR count). The van der Waals surface area contributed by atoms with Crippen molar-refractivity contribution in [2.24, 2.45) is 0 Å². The first-order valence-corrected chi connectivity index (χ1v) is 9.98. The second-order valence-corrected chi connectivity index (χ2v) is 7.58. The minimum absolute atomic E-state index is 0.0347. The van der Waals surface area contributed by atoms with Gasteiger partial charge in [0.25, 0.3) is 5.91 Å². The van der Waals surface area contributed by atoms with Gasteiger partial charge >= 0.3 is 0 Å². The number of amides is 1. The number of fused-ring (bicyclic) bond motifs is 1. The third-order valence-corrected chi connectivity index (χ3v) is 5.32. The minimum atomic E-state index is 0.0347. The Bertz CT molecular complexity index is 764. The van der Waals surface area contributed by atoms with Crippen molar-refractivity contribution in [2.75, 3.05) is 26.2 Å². The minimum Gasteiger partial charge on any atom is -0.494 e. The van der Waals surface area contributed by atoms with Crippen molar-refractivity contribution in [3.8, 4) is 5.75 Å². The quantitative estimate of drug-likeness (QED) is 0.766. The average Bonchev–Trinajstić information content (AvgIpc) is 3.49. The number of carbonyl (C=O) groups is 1. The van der Waals surface area contributed by atoms with E-state index in [9.17, 15) is 4.79 Å². The Hall–Kier alpha value is -2.07. The molecule has 1 aliphatic heterocycles. The Kier molecular flexibility index (Phi) is 5.40. The number of hydrogen-bond acceptors (Lipinski definition) is 3. The summed E-state index contributed by atoms with van der Waals surface area (Å²) >= 11 is 0. The summed E-state index contributed by atoms with van der Waals surface area (Å²) in [6, 6.07) is 12.4. The topological polar surface area (TPSA) is 41.6 Å². The smallest absolute Gasteiger partial charge is 0.251 e. The van der Waals surface area contributed by atoms with E-state index in [0.29, 0.717) is 6.04 Å². The zero-order valence-electron chi connectivity index (χ0n) is 15.4. The average molecular weight is 352 g/mol. The highest BCUT2D eigenvalue weighted by Crippen LogP contribution is 2.24. The number of nitrogens with one attached hydrogen (secondary N) is 1. The number of rotatable bonds is 7. The number of likely N-dealkylation sites (tertiary alicyclic amines) is 1. The van der Waals surface area contributed by atoms with Crippen LogP contribution in [0.25, 0.3) is 10.8 Å². The van der Waals surface area contributed by atoms with Gasteiger partial charge in [-0.2, -0.15) is 0 Å². The van der Waals surface area contributed by atoms with Crippen LogP contribution in [0.15, 0.2) is 36.4 Å². The van der Waals surface area contributed by atoms with Gasteiger partial charge in [-0.3, -0.25) is 4.79 Å². The van der Waals surface area contributed by atoms with Gasteiger partial charge in [0.15, 0.2) is 0 Å². The van der Waals surface area contributed by atoms with Crippen molar-refractivity contribution in [3.63, 3.8) is 0 Å². The molecule has 1 N–H and O–H groups in total. The van der Waals surface area contributed by atoms with Gasteiger partial charge in [0, 0.05) is 18.2 Å². The zero-order valence-corrected chi connectivity index (χ0v) is 15.4. The van der Waals surface area contributed by atoms with Crippen molar-refractivity contribution < 1.29 is 9.53 Å². The summed E-state index contributed by atoms with van der Waals surface area (Å²) in [7, 11) is 0. The van der Waals surface area contributed by atoms with Crippen molar-refractivity contribution in [2.45, 2.75) is 44.6 Å². The summed E-state index contributed by atoms with van der Waals surface area (Å²) in [4.78, 5) is 14.7. The lowest BCUT2D eigenvalue weighted by atomic mass is 10.1.